The second-order valence-corrected chi connectivity index (χ2v) is 6.41. The summed E-state index contributed by atoms with van der Waals surface area (Å²) in [7, 11) is 0. The minimum atomic E-state index is 0.850. The van der Waals surface area contributed by atoms with Gasteiger partial charge in [0.15, 0.2) is 5.82 Å². The van der Waals surface area contributed by atoms with Crippen molar-refractivity contribution in [3.63, 3.8) is 0 Å². The van der Waals surface area contributed by atoms with Crippen molar-refractivity contribution in [2.45, 2.75) is 19.5 Å². The molecule has 4 aromatic rings. The predicted octanol–water partition coefficient (Wildman–Crippen LogP) is 2.62. The molecule has 0 aliphatic carbocycles. The van der Waals surface area contributed by atoms with Crippen LogP contribution in [0.3, 0.4) is 0 Å². The number of H-pyrrole nitrogens is 1. The predicted molar refractivity (Wildman–Crippen MR) is 98.7 cm³/mol. The van der Waals surface area contributed by atoms with E-state index in [9.17, 15) is 0 Å². The Bertz CT molecular complexity index is 1000. The summed E-state index contributed by atoms with van der Waals surface area (Å²) in [4.78, 5) is 11.8. The van der Waals surface area contributed by atoms with E-state index in [0.29, 0.717) is 0 Å². The molecule has 7 nitrogen and oxygen atoms in total. The highest BCUT2D eigenvalue weighted by molar-refractivity contribution is 5.63. The van der Waals surface area contributed by atoms with Gasteiger partial charge in [-0.05, 0) is 31.2 Å². The van der Waals surface area contributed by atoms with E-state index < -0.39 is 0 Å². The van der Waals surface area contributed by atoms with Crippen molar-refractivity contribution in [2.24, 2.45) is 0 Å². The van der Waals surface area contributed by atoms with Crippen LogP contribution < -0.4 is 5.32 Å². The number of nitrogens with zero attached hydrogens (tertiary/aromatic N) is 5. The third-order valence-corrected chi connectivity index (χ3v) is 4.70. The zero-order valence-electron chi connectivity index (χ0n) is 14.3. The van der Waals surface area contributed by atoms with E-state index in [4.69, 9.17) is 5.10 Å². The minimum absolute atomic E-state index is 0.850. The van der Waals surface area contributed by atoms with Crippen molar-refractivity contribution in [2.75, 3.05) is 6.54 Å². The van der Waals surface area contributed by atoms with Crippen LogP contribution in [0, 0.1) is 0 Å². The lowest BCUT2D eigenvalue weighted by Crippen LogP contribution is -2.11. The van der Waals surface area contributed by atoms with Gasteiger partial charge in [0.05, 0.1) is 23.9 Å². The summed E-state index contributed by atoms with van der Waals surface area (Å²) < 4.78 is 4.17. The molecule has 0 unspecified atom stereocenters. The lowest BCUT2D eigenvalue weighted by atomic mass is 10.1. The van der Waals surface area contributed by atoms with Crippen molar-refractivity contribution in [3.8, 4) is 28.5 Å². The smallest absolute Gasteiger partial charge is 0.165 e. The largest absolute Gasteiger partial charge is 0.345 e. The fourth-order valence-corrected chi connectivity index (χ4v) is 3.41. The lowest BCUT2D eigenvalue weighted by Gasteiger charge is -2.08. The van der Waals surface area contributed by atoms with E-state index in [-0.39, 0.29) is 0 Å². The Morgan fingerprint density at radius 1 is 1.15 bits per heavy atom. The number of hydrogen-bond donors (Lipinski definition) is 2. The number of rotatable bonds is 3. The van der Waals surface area contributed by atoms with Crippen molar-refractivity contribution in [1.29, 1.82) is 0 Å². The molecule has 5 rings (SSSR count). The van der Waals surface area contributed by atoms with Gasteiger partial charge in [-0.1, -0.05) is 12.1 Å². The first-order chi connectivity index (χ1) is 12.9. The number of nitrogens with one attached hydrogen (secondary N) is 2. The Labute approximate surface area is 150 Å². The van der Waals surface area contributed by atoms with Crippen LogP contribution in [0.1, 0.15) is 12.1 Å². The Balaban J connectivity index is 1.55. The van der Waals surface area contributed by atoms with Gasteiger partial charge >= 0.3 is 0 Å². The van der Waals surface area contributed by atoms with Crippen molar-refractivity contribution < 1.29 is 0 Å². The quantitative estimate of drug-likeness (QED) is 0.598. The molecule has 2 N–H and O–H groups in total. The zero-order chi connectivity index (χ0) is 17.3. The van der Waals surface area contributed by atoms with Gasteiger partial charge in [0.2, 0.25) is 0 Å². The number of hydrogen-bond acceptors (Lipinski definition) is 4. The van der Waals surface area contributed by atoms with Gasteiger partial charge in [0.25, 0.3) is 0 Å². The summed E-state index contributed by atoms with van der Waals surface area (Å²) in [5.41, 5.74) is 5.24. The standard InChI is InChI=1S/C19H19N7/c1-3-14(18-12-21-13-23-18)9-15(4-1)25-8-6-22-19(25)17-10-16-11-20-5-2-7-26(16)24-17/h1,3-4,6,8-10,12-13,20H,2,5,7,11H2,(H,21,23). The Morgan fingerprint density at radius 2 is 2.15 bits per heavy atom. The van der Waals surface area contributed by atoms with Crippen LogP contribution in [-0.4, -0.2) is 35.8 Å². The minimum Gasteiger partial charge on any atom is -0.345 e. The van der Waals surface area contributed by atoms with E-state index in [2.05, 4.69) is 53.8 Å². The number of benzene rings is 1. The monoisotopic (exact) mass is 345 g/mol. The van der Waals surface area contributed by atoms with Gasteiger partial charge in [-0.15, -0.1) is 0 Å². The molecule has 1 aliphatic heterocycles. The maximum Gasteiger partial charge on any atom is 0.165 e. The van der Waals surface area contributed by atoms with E-state index >= 15 is 0 Å². The lowest BCUT2D eigenvalue weighted by molar-refractivity contribution is 0.588. The van der Waals surface area contributed by atoms with Crippen molar-refractivity contribution in [3.05, 3.63) is 60.9 Å². The molecular formula is C19H19N7. The molecule has 7 heteroatoms. The summed E-state index contributed by atoms with van der Waals surface area (Å²) in [5.74, 6) is 0.854. The second-order valence-electron chi connectivity index (χ2n) is 6.41. The third-order valence-electron chi connectivity index (χ3n) is 4.70. The van der Waals surface area contributed by atoms with Gasteiger partial charge in [0, 0.05) is 36.7 Å². The molecule has 3 aromatic heterocycles. The average molecular weight is 345 g/mol. The maximum absolute atomic E-state index is 4.79. The van der Waals surface area contributed by atoms with Crippen LogP contribution >= 0.6 is 0 Å². The number of fused-ring (bicyclic) bond motifs is 1. The molecule has 0 saturated heterocycles. The van der Waals surface area contributed by atoms with E-state index in [1.807, 2.05) is 24.7 Å². The Morgan fingerprint density at radius 3 is 3.08 bits per heavy atom. The summed E-state index contributed by atoms with van der Waals surface area (Å²) in [5, 5.41) is 8.22. The Hall–Kier alpha value is -3.19. The van der Waals surface area contributed by atoms with Crippen molar-refractivity contribution in [1.82, 2.24) is 34.6 Å². The van der Waals surface area contributed by atoms with Crippen LogP contribution in [0.15, 0.2) is 55.2 Å². The highest BCUT2D eigenvalue weighted by Gasteiger charge is 2.16. The Kier molecular flexibility index (Phi) is 3.64. The molecule has 0 amide bonds. The molecule has 0 saturated carbocycles. The first kappa shape index (κ1) is 15.1. The molecule has 26 heavy (non-hydrogen) atoms. The normalized spacial score (nSPS) is 14.2. The van der Waals surface area contributed by atoms with E-state index in [0.717, 1.165) is 54.5 Å². The van der Waals surface area contributed by atoms with Crippen LogP contribution in [0.4, 0.5) is 0 Å². The fraction of sp³-hybridized carbons (Fsp3) is 0.211. The molecule has 130 valence electrons. The molecule has 1 aromatic carbocycles. The molecule has 1 aliphatic rings. The first-order valence-corrected chi connectivity index (χ1v) is 8.79. The molecule has 0 bridgehead atoms. The van der Waals surface area contributed by atoms with Crippen LogP contribution in [-0.2, 0) is 13.1 Å². The van der Waals surface area contributed by atoms with Crippen LogP contribution in [0.25, 0.3) is 28.5 Å². The second kappa shape index (κ2) is 6.27. The average Bonchev–Trinajstić information content (AvgIpc) is 3.41. The van der Waals surface area contributed by atoms with Crippen LogP contribution in [0.5, 0.6) is 0 Å². The molecule has 0 fully saturated rings. The summed E-state index contributed by atoms with van der Waals surface area (Å²) >= 11 is 0. The van der Waals surface area contributed by atoms with Gasteiger partial charge in [0.1, 0.15) is 5.69 Å². The highest BCUT2D eigenvalue weighted by atomic mass is 15.3. The number of aromatic nitrogens is 6. The van der Waals surface area contributed by atoms with Crippen molar-refractivity contribution >= 4 is 0 Å². The first-order valence-electron chi connectivity index (χ1n) is 8.79. The number of aromatic amines is 1. The van der Waals surface area contributed by atoms with Gasteiger partial charge in [-0.3, -0.25) is 9.25 Å². The summed E-state index contributed by atoms with van der Waals surface area (Å²) in [6.07, 6.45) is 8.41. The third kappa shape index (κ3) is 2.62. The zero-order valence-corrected chi connectivity index (χ0v) is 14.3. The molecule has 0 radical (unpaired) electrons. The van der Waals surface area contributed by atoms with Crippen LogP contribution in [0.2, 0.25) is 0 Å². The van der Waals surface area contributed by atoms with Gasteiger partial charge in [-0.2, -0.15) is 5.10 Å². The summed E-state index contributed by atoms with van der Waals surface area (Å²) in [6, 6.07) is 10.4. The van der Waals surface area contributed by atoms with E-state index in [1.165, 1.54) is 5.69 Å². The van der Waals surface area contributed by atoms with Gasteiger partial charge in [-0.25, -0.2) is 9.97 Å². The molecule has 4 heterocycles. The van der Waals surface area contributed by atoms with Gasteiger partial charge < -0.3 is 10.3 Å². The molecule has 0 spiro atoms. The SMILES string of the molecule is c1cc(-c2cnc[nH]2)cc(-n2ccnc2-c2cc3n(n2)CCCNC3)c1. The molecule has 0 atom stereocenters. The molecular weight excluding hydrogens is 326 g/mol. The fourth-order valence-electron chi connectivity index (χ4n) is 3.41. The number of aryl methyl sites for hydroxylation is 1. The highest BCUT2D eigenvalue weighted by Crippen LogP contribution is 2.25. The maximum atomic E-state index is 4.79. The topological polar surface area (TPSA) is 76.3 Å². The van der Waals surface area contributed by atoms with E-state index in [1.54, 1.807) is 6.33 Å². The number of imidazole rings is 2. The summed E-state index contributed by atoms with van der Waals surface area (Å²) in [6.45, 7) is 2.83.